The van der Waals surface area contributed by atoms with E-state index in [1.54, 1.807) is 0 Å². The molecule has 2 nitrogen and oxygen atoms in total. The normalized spacial score (nSPS) is 17.1. The second-order valence-corrected chi connectivity index (χ2v) is 5.67. The van der Waals surface area contributed by atoms with Crippen LogP contribution in [0, 0.1) is 6.92 Å². The van der Waals surface area contributed by atoms with Gasteiger partial charge in [0.2, 0.25) is 0 Å². The third-order valence-corrected chi connectivity index (χ3v) is 3.97. The van der Waals surface area contributed by atoms with E-state index < -0.39 is 0 Å². The molecule has 1 fully saturated rings. The summed E-state index contributed by atoms with van der Waals surface area (Å²) in [6.07, 6.45) is 4.15. The van der Waals surface area contributed by atoms with E-state index in [1.807, 2.05) is 0 Å². The number of likely N-dealkylation sites (tertiary alicyclic amines) is 1. The first kappa shape index (κ1) is 12.9. The van der Waals surface area contributed by atoms with Crippen LogP contribution in [0.5, 0.6) is 0 Å². The van der Waals surface area contributed by atoms with E-state index in [9.17, 15) is 0 Å². The highest BCUT2D eigenvalue weighted by molar-refractivity contribution is 9.10. The Kier molecular flexibility index (Phi) is 4.86. The van der Waals surface area contributed by atoms with Crippen molar-refractivity contribution in [2.75, 3.05) is 31.5 Å². The van der Waals surface area contributed by atoms with E-state index in [2.05, 4.69) is 51.3 Å². The second kappa shape index (κ2) is 6.41. The van der Waals surface area contributed by atoms with Gasteiger partial charge in [0, 0.05) is 23.2 Å². The van der Waals surface area contributed by atoms with Crippen LogP contribution in [0.2, 0.25) is 0 Å². The Balaban J connectivity index is 1.77. The zero-order chi connectivity index (χ0) is 12.1. The third-order valence-electron chi connectivity index (χ3n) is 3.32. The topological polar surface area (TPSA) is 15.3 Å². The van der Waals surface area contributed by atoms with Crippen LogP contribution in [0.15, 0.2) is 22.7 Å². The summed E-state index contributed by atoms with van der Waals surface area (Å²) >= 11 is 3.60. The molecule has 1 saturated heterocycles. The average Bonchev–Trinajstić information content (AvgIpc) is 2.33. The van der Waals surface area contributed by atoms with Crippen LogP contribution >= 0.6 is 15.9 Å². The minimum atomic E-state index is 1.03. The molecule has 0 amide bonds. The summed E-state index contributed by atoms with van der Waals surface area (Å²) in [4.78, 5) is 2.55. The first-order valence-corrected chi connectivity index (χ1v) is 7.27. The van der Waals surface area contributed by atoms with Gasteiger partial charge in [-0.1, -0.05) is 12.5 Å². The van der Waals surface area contributed by atoms with Crippen LogP contribution in [-0.2, 0) is 0 Å². The van der Waals surface area contributed by atoms with Gasteiger partial charge in [0.15, 0.2) is 0 Å². The maximum Gasteiger partial charge on any atom is 0.0485 e. The van der Waals surface area contributed by atoms with E-state index in [1.165, 1.54) is 43.6 Å². The van der Waals surface area contributed by atoms with Gasteiger partial charge in [-0.2, -0.15) is 0 Å². The van der Waals surface area contributed by atoms with Gasteiger partial charge in [-0.25, -0.2) is 0 Å². The van der Waals surface area contributed by atoms with Crippen molar-refractivity contribution in [3.63, 3.8) is 0 Å². The molecule has 0 spiro atoms. The lowest BCUT2D eigenvalue weighted by atomic mass is 10.1. The van der Waals surface area contributed by atoms with Crippen molar-refractivity contribution < 1.29 is 0 Å². The largest absolute Gasteiger partial charge is 0.383 e. The van der Waals surface area contributed by atoms with Crippen molar-refractivity contribution in [1.29, 1.82) is 0 Å². The molecule has 0 aromatic heterocycles. The van der Waals surface area contributed by atoms with E-state index in [4.69, 9.17) is 0 Å². The minimum absolute atomic E-state index is 1.03. The Bertz CT molecular complexity index is 359. The fraction of sp³-hybridized carbons (Fsp3) is 0.571. The summed E-state index contributed by atoms with van der Waals surface area (Å²) < 4.78 is 1.16. The molecule has 94 valence electrons. The fourth-order valence-electron chi connectivity index (χ4n) is 2.30. The van der Waals surface area contributed by atoms with Crippen molar-refractivity contribution >= 4 is 21.6 Å². The van der Waals surface area contributed by atoms with Gasteiger partial charge < -0.3 is 10.2 Å². The third kappa shape index (κ3) is 4.00. The number of hydrogen-bond acceptors (Lipinski definition) is 2. The molecule has 0 aliphatic carbocycles. The number of benzene rings is 1. The van der Waals surface area contributed by atoms with Gasteiger partial charge in [0.25, 0.3) is 0 Å². The van der Waals surface area contributed by atoms with Crippen LogP contribution in [-0.4, -0.2) is 31.1 Å². The zero-order valence-electron chi connectivity index (χ0n) is 10.5. The highest BCUT2D eigenvalue weighted by Gasteiger charge is 2.09. The maximum atomic E-state index is 3.60. The summed E-state index contributed by atoms with van der Waals surface area (Å²) in [6.45, 7) is 6.84. The Morgan fingerprint density at radius 2 is 2.00 bits per heavy atom. The van der Waals surface area contributed by atoms with Crippen LogP contribution in [0.25, 0.3) is 0 Å². The number of aryl methyl sites for hydroxylation is 1. The zero-order valence-corrected chi connectivity index (χ0v) is 12.1. The van der Waals surface area contributed by atoms with E-state index in [0.717, 1.165) is 17.6 Å². The van der Waals surface area contributed by atoms with Crippen molar-refractivity contribution in [3.8, 4) is 0 Å². The molecular formula is C14H21BrN2. The van der Waals surface area contributed by atoms with Crippen molar-refractivity contribution in [2.24, 2.45) is 0 Å². The number of nitrogens with one attached hydrogen (secondary N) is 1. The molecular weight excluding hydrogens is 276 g/mol. The SMILES string of the molecule is Cc1ccc(NCCN2CCCCC2)c(Br)c1. The minimum Gasteiger partial charge on any atom is -0.383 e. The summed E-state index contributed by atoms with van der Waals surface area (Å²) in [6, 6.07) is 6.45. The van der Waals surface area contributed by atoms with E-state index >= 15 is 0 Å². The highest BCUT2D eigenvalue weighted by atomic mass is 79.9. The van der Waals surface area contributed by atoms with E-state index in [0.29, 0.717) is 0 Å². The average molecular weight is 297 g/mol. The first-order chi connectivity index (χ1) is 8.25. The summed E-state index contributed by atoms with van der Waals surface area (Å²) in [5.41, 5.74) is 2.49. The van der Waals surface area contributed by atoms with Crippen molar-refractivity contribution in [1.82, 2.24) is 4.90 Å². The molecule has 1 aliphatic heterocycles. The van der Waals surface area contributed by atoms with Crippen LogP contribution < -0.4 is 5.32 Å². The Labute approximate surface area is 113 Å². The molecule has 1 aromatic carbocycles. The van der Waals surface area contributed by atoms with Crippen LogP contribution in [0.1, 0.15) is 24.8 Å². The number of hydrogen-bond donors (Lipinski definition) is 1. The van der Waals surface area contributed by atoms with Crippen LogP contribution in [0.3, 0.4) is 0 Å². The Hall–Kier alpha value is -0.540. The number of rotatable bonds is 4. The summed E-state index contributed by atoms with van der Waals surface area (Å²) in [7, 11) is 0. The number of piperidine rings is 1. The number of nitrogens with zero attached hydrogens (tertiary/aromatic N) is 1. The maximum absolute atomic E-state index is 3.60. The molecule has 0 atom stereocenters. The highest BCUT2D eigenvalue weighted by Crippen LogP contribution is 2.23. The van der Waals surface area contributed by atoms with Crippen molar-refractivity contribution in [3.05, 3.63) is 28.2 Å². The van der Waals surface area contributed by atoms with Gasteiger partial charge in [-0.05, 0) is 66.5 Å². The lowest BCUT2D eigenvalue weighted by molar-refractivity contribution is 0.237. The van der Waals surface area contributed by atoms with Gasteiger partial charge in [-0.15, -0.1) is 0 Å². The van der Waals surface area contributed by atoms with Gasteiger partial charge in [0.05, 0.1) is 0 Å². The molecule has 1 aliphatic rings. The molecule has 17 heavy (non-hydrogen) atoms. The molecule has 0 unspecified atom stereocenters. The Morgan fingerprint density at radius 1 is 1.24 bits per heavy atom. The lowest BCUT2D eigenvalue weighted by Gasteiger charge is -2.26. The monoisotopic (exact) mass is 296 g/mol. The van der Waals surface area contributed by atoms with Gasteiger partial charge in [0.1, 0.15) is 0 Å². The van der Waals surface area contributed by atoms with Gasteiger partial charge >= 0.3 is 0 Å². The molecule has 1 heterocycles. The standard InChI is InChI=1S/C14H21BrN2/c1-12-5-6-14(13(15)11-12)16-7-10-17-8-3-2-4-9-17/h5-6,11,16H,2-4,7-10H2,1H3. The second-order valence-electron chi connectivity index (χ2n) is 4.81. The van der Waals surface area contributed by atoms with E-state index in [-0.39, 0.29) is 0 Å². The predicted octanol–water partition coefficient (Wildman–Crippen LogP) is 3.66. The fourth-order valence-corrected chi connectivity index (χ4v) is 2.93. The summed E-state index contributed by atoms with van der Waals surface area (Å²) in [5, 5.41) is 3.50. The van der Waals surface area contributed by atoms with Crippen molar-refractivity contribution in [2.45, 2.75) is 26.2 Å². The smallest absolute Gasteiger partial charge is 0.0485 e. The van der Waals surface area contributed by atoms with Crippen LogP contribution in [0.4, 0.5) is 5.69 Å². The number of halogens is 1. The Morgan fingerprint density at radius 3 is 2.71 bits per heavy atom. The molecule has 0 saturated carbocycles. The van der Waals surface area contributed by atoms with Gasteiger partial charge in [-0.3, -0.25) is 0 Å². The molecule has 3 heteroatoms. The summed E-state index contributed by atoms with van der Waals surface area (Å²) in [5.74, 6) is 0. The molecule has 2 rings (SSSR count). The number of anilines is 1. The lowest BCUT2D eigenvalue weighted by Crippen LogP contribution is -2.33. The quantitative estimate of drug-likeness (QED) is 0.912. The molecule has 0 bridgehead atoms. The first-order valence-electron chi connectivity index (χ1n) is 6.48. The predicted molar refractivity (Wildman–Crippen MR) is 77.7 cm³/mol. The molecule has 1 aromatic rings. The molecule has 0 radical (unpaired) electrons. The molecule has 1 N–H and O–H groups in total.